The fourth-order valence-corrected chi connectivity index (χ4v) is 2.90. The van der Waals surface area contributed by atoms with Gasteiger partial charge in [-0.15, -0.1) is 0 Å². The third kappa shape index (κ3) is 19.6. The highest BCUT2D eigenvalue weighted by molar-refractivity contribution is 4.83. The first-order valence-corrected chi connectivity index (χ1v) is 10.2. The normalized spacial score (nSPS) is 13.0. The maximum Gasteiger partial charge on any atom is 0.0805 e. The molecule has 0 aromatic heterocycles. The zero-order valence-electron chi connectivity index (χ0n) is 15.6. The second-order valence-electron chi connectivity index (χ2n) is 6.93. The van der Waals surface area contributed by atoms with Crippen molar-refractivity contribution in [3.63, 3.8) is 0 Å². The number of hydrogen-bond acceptors (Lipinski definition) is 2. The van der Waals surface area contributed by atoms with E-state index >= 15 is 0 Å². The second-order valence-corrected chi connectivity index (χ2v) is 6.93. The Kier molecular flexibility index (Phi) is 19.4. The van der Waals surface area contributed by atoms with Gasteiger partial charge in [-0.2, -0.15) is 0 Å². The highest BCUT2D eigenvalue weighted by Crippen LogP contribution is 2.13. The van der Waals surface area contributed by atoms with E-state index in [0.29, 0.717) is 6.42 Å². The van der Waals surface area contributed by atoms with Crippen molar-refractivity contribution in [1.29, 1.82) is 0 Å². The van der Waals surface area contributed by atoms with Crippen LogP contribution in [0.25, 0.3) is 0 Å². The number of aliphatic hydroxyl groups is 2. The van der Waals surface area contributed by atoms with Crippen molar-refractivity contribution in [1.82, 2.24) is 0 Å². The van der Waals surface area contributed by atoms with E-state index in [-0.39, 0.29) is 6.61 Å². The molecular formula is C21H42O2. The van der Waals surface area contributed by atoms with E-state index < -0.39 is 6.10 Å². The van der Waals surface area contributed by atoms with Crippen LogP contribution in [0.2, 0.25) is 0 Å². The van der Waals surface area contributed by atoms with Crippen LogP contribution in [0.15, 0.2) is 12.2 Å². The average Bonchev–Trinajstić information content (AvgIpc) is 2.57. The van der Waals surface area contributed by atoms with Crippen molar-refractivity contribution in [2.45, 2.75) is 116 Å². The molecule has 0 aliphatic heterocycles. The molecule has 0 aromatic carbocycles. The predicted molar refractivity (Wildman–Crippen MR) is 102 cm³/mol. The SMILES string of the molecule is CCCCCCCCCCCCCCCCC=CCC(O)CO. The summed E-state index contributed by atoms with van der Waals surface area (Å²) in [5, 5.41) is 17.9. The molecule has 1 unspecified atom stereocenters. The maximum absolute atomic E-state index is 9.18. The van der Waals surface area contributed by atoms with E-state index in [1.54, 1.807) is 0 Å². The van der Waals surface area contributed by atoms with Crippen molar-refractivity contribution in [2.24, 2.45) is 0 Å². The molecule has 0 rings (SSSR count). The summed E-state index contributed by atoms with van der Waals surface area (Å²) in [6, 6.07) is 0. The molecule has 0 radical (unpaired) electrons. The molecule has 0 aromatic rings. The first-order valence-electron chi connectivity index (χ1n) is 10.2. The largest absolute Gasteiger partial charge is 0.394 e. The molecule has 1 atom stereocenters. The van der Waals surface area contributed by atoms with Gasteiger partial charge in [0.1, 0.15) is 0 Å². The molecule has 0 heterocycles. The van der Waals surface area contributed by atoms with Crippen molar-refractivity contribution in [2.75, 3.05) is 6.61 Å². The van der Waals surface area contributed by atoms with Gasteiger partial charge < -0.3 is 10.2 Å². The molecule has 2 N–H and O–H groups in total. The molecule has 0 amide bonds. The monoisotopic (exact) mass is 326 g/mol. The number of aliphatic hydroxyl groups excluding tert-OH is 2. The Morgan fingerprint density at radius 1 is 0.652 bits per heavy atom. The minimum atomic E-state index is -0.581. The first kappa shape index (κ1) is 22.7. The van der Waals surface area contributed by atoms with Gasteiger partial charge in [0.05, 0.1) is 12.7 Å². The molecule has 0 bridgehead atoms. The Balaban J connectivity index is 3.05. The van der Waals surface area contributed by atoms with Gasteiger partial charge in [-0.1, -0.05) is 103 Å². The Morgan fingerprint density at radius 2 is 1.09 bits per heavy atom. The van der Waals surface area contributed by atoms with Crippen molar-refractivity contribution < 1.29 is 10.2 Å². The molecular weight excluding hydrogens is 284 g/mol. The quantitative estimate of drug-likeness (QED) is 0.234. The summed E-state index contributed by atoms with van der Waals surface area (Å²) in [6.07, 6.45) is 24.8. The zero-order valence-corrected chi connectivity index (χ0v) is 15.6. The summed E-state index contributed by atoms with van der Waals surface area (Å²) < 4.78 is 0. The highest BCUT2D eigenvalue weighted by atomic mass is 16.3. The molecule has 2 heteroatoms. The average molecular weight is 327 g/mol. The summed E-state index contributed by atoms with van der Waals surface area (Å²) in [7, 11) is 0. The third-order valence-electron chi connectivity index (χ3n) is 4.51. The molecule has 0 saturated carbocycles. The fraction of sp³-hybridized carbons (Fsp3) is 0.905. The molecule has 0 spiro atoms. The highest BCUT2D eigenvalue weighted by Gasteiger charge is 1.96. The molecule has 138 valence electrons. The number of allylic oxidation sites excluding steroid dienone is 1. The molecule has 2 nitrogen and oxygen atoms in total. The maximum atomic E-state index is 9.18. The standard InChI is InChI=1S/C21H42O2/c1-2-3-4-5-6-7-8-9-10-11-12-13-14-15-16-17-18-19-21(23)20-22/h17-18,21-23H,2-16,19-20H2,1H3. The number of rotatable bonds is 18. The lowest BCUT2D eigenvalue weighted by Gasteiger charge is -2.03. The van der Waals surface area contributed by atoms with E-state index in [0.717, 1.165) is 6.42 Å². The first-order chi connectivity index (χ1) is 11.3. The van der Waals surface area contributed by atoms with Crippen molar-refractivity contribution in [3.05, 3.63) is 12.2 Å². The lowest BCUT2D eigenvalue weighted by atomic mass is 10.0. The minimum absolute atomic E-state index is 0.136. The summed E-state index contributed by atoms with van der Waals surface area (Å²) in [5.74, 6) is 0. The van der Waals surface area contributed by atoms with Gasteiger partial charge in [0, 0.05) is 0 Å². The third-order valence-corrected chi connectivity index (χ3v) is 4.51. The van der Waals surface area contributed by atoms with Gasteiger partial charge in [-0.05, 0) is 19.3 Å². The van der Waals surface area contributed by atoms with Gasteiger partial charge in [0.15, 0.2) is 0 Å². The lowest BCUT2D eigenvalue weighted by Crippen LogP contribution is -2.09. The van der Waals surface area contributed by atoms with Crippen LogP contribution < -0.4 is 0 Å². The van der Waals surface area contributed by atoms with Crippen LogP contribution in [-0.4, -0.2) is 22.9 Å². The van der Waals surface area contributed by atoms with Gasteiger partial charge in [0.25, 0.3) is 0 Å². The summed E-state index contributed by atoms with van der Waals surface area (Å²) in [6.45, 7) is 2.14. The van der Waals surface area contributed by atoms with Crippen molar-refractivity contribution in [3.8, 4) is 0 Å². The van der Waals surface area contributed by atoms with E-state index in [9.17, 15) is 5.11 Å². The molecule has 0 aliphatic rings. The zero-order chi connectivity index (χ0) is 17.0. The lowest BCUT2D eigenvalue weighted by molar-refractivity contribution is 0.0975. The second kappa shape index (κ2) is 19.7. The molecule has 0 aliphatic carbocycles. The Morgan fingerprint density at radius 3 is 1.52 bits per heavy atom. The van der Waals surface area contributed by atoms with Crippen LogP contribution >= 0.6 is 0 Å². The number of hydrogen-bond donors (Lipinski definition) is 2. The Bertz CT molecular complexity index is 238. The van der Waals surface area contributed by atoms with Crippen molar-refractivity contribution >= 4 is 0 Å². The van der Waals surface area contributed by atoms with Gasteiger partial charge in [-0.3, -0.25) is 0 Å². The summed E-state index contributed by atoms with van der Waals surface area (Å²) >= 11 is 0. The van der Waals surface area contributed by atoms with Crippen LogP contribution in [-0.2, 0) is 0 Å². The van der Waals surface area contributed by atoms with E-state index in [1.807, 2.05) is 6.08 Å². The van der Waals surface area contributed by atoms with Crippen LogP contribution in [0, 0.1) is 0 Å². The summed E-state index contributed by atoms with van der Waals surface area (Å²) in [5.41, 5.74) is 0. The van der Waals surface area contributed by atoms with Gasteiger partial charge in [-0.25, -0.2) is 0 Å². The van der Waals surface area contributed by atoms with E-state index in [1.165, 1.54) is 89.9 Å². The van der Waals surface area contributed by atoms with Crippen LogP contribution in [0.5, 0.6) is 0 Å². The van der Waals surface area contributed by atoms with Crippen LogP contribution in [0.1, 0.15) is 110 Å². The van der Waals surface area contributed by atoms with Gasteiger partial charge >= 0.3 is 0 Å². The number of unbranched alkanes of at least 4 members (excludes halogenated alkanes) is 14. The smallest absolute Gasteiger partial charge is 0.0805 e. The topological polar surface area (TPSA) is 40.5 Å². The molecule has 0 saturated heterocycles. The fourth-order valence-electron chi connectivity index (χ4n) is 2.90. The van der Waals surface area contributed by atoms with E-state index in [2.05, 4.69) is 13.0 Å². The van der Waals surface area contributed by atoms with Crippen LogP contribution in [0.3, 0.4) is 0 Å². The predicted octanol–water partition coefficient (Wildman–Crippen LogP) is 6.16. The Labute approximate surface area is 145 Å². The molecule has 23 heavy (non-hydrogen) atoms. The minimum Gasteiger partial charge on any atom is -0.394 e. The van der Waals surface area contributed by atoms with Gasteiger partial charge in [0.2, 0.25) is 0 Å². The van der Waals surface area contributed by atoms with E-state index in [4.69, 9.17) is 5.11 Å². The van der Waals surface area contributed by atoms with Crippen LogP contribution in [0.4, 0.5) is 0 Å². The molecule has 0 fully saturated rings. The Hall–Kier alpha value is -0.340. The summed E-state index contributed by atoms with van der Waals surface area (Å²) in [4.78, 5) is 0.